The topological polar surface area (TPSA) is 74.5 Å². The Bertz CT molecular complexity index is 434. The molecule has 2 heterocycles. The van der Waals surface area contributed by atoms with E-state index in [1.807, 2.05) is 19.0 Å². The van der Waals surface area contributed by atoms with Gasteiger partial charge in [-0.15, -0.1) is 0 Å². The number of nitrogens with two attached hydrogens (primary N) is 1. The van der Waals surface area contributed by atoms with Gasteiger partial charge in [0, 0.05) is 19.1 Å². The number of pyridine rings is 1. The lowest BCUT2D eigenvalue weighted by atomic mass is 10.2. The van der Waals surface area contributed by atoms with Gasteiger partial charge >= 0.3 is 0 Å². The molecule has 2 rings (SSSR count). The lowest BCUT2D eigenvalue weighted by Crippen LogP contribution is -2.34. The van der Waals surface area contributed by atoms with Crippen LogP contribution in [0.3, 0.4) is 0 Å². The van der Waals surface area contributed by atoms with E-state index in [4.69, 9.17) is 5.84 Å². The van der Waals surface area contributed by atoms with Crippen LogP contribution in [0.5, 0.6) is 0 Å². The molecule has 1 aliphatic heterocycles. The average Bonchev–Trinajstić information content (AvgIpc) is 2.87. The molecule has 98 valence electrons. The summed E-state index contributed by atoms with van der Waals surface area (Å²) in [6, 6.07) is 5.65. The van der Waals surface area contributed by atoms with Crippen LogP contribution >= 0.6 is 0 Å². The van der Waals surface area contributed by atoms with Crippen LogP contribution in [0, 0.1) is 0 Å². The van der Waals surface area contributed by atoms with Gasteiger partial charge in [0.15, 0.2) is 0 Å². The van der Waals surface area contributed by atoms with Gasteiger partial charge < -0.3 is 15.2 Å². The Morgan fingerprint density at radius 3 is 2.94 bits per heavy atom. The minimum atomic E-state index is -0.0311. The van der Waals surface area contributed by atoms with Crippen LogP contribution in [0.1, 0.15) is 16.9 Å². The summed E-state index contributed by atoms with van der Waals surface area (Å²) in [4.78, 5) is 20.4. The highest BCUT2D eigenvalue weighted by Gasteiger charge is 2.28. The summed E-state index contributed by atoms with van der Waals surface area (Å²) in [5.41, 5.74) is 2.88. The molecule has 0 spiro atoms. The van der Waals surface area contributed by atoms with Crippen LogP contribution in [-0.2, 0) is 0 Å². The molecule has 1 fully saturated rings. The van der Waals surface area contributed by atoms with Crippen LogP contribution in [0.15, 0.2) is 18.2 Å². The molecular formula is C12H19N5O. The Labute approximate surface area is 107 Å². The predicted octanol–water partition coefficient (Wildman–Crippen LogP) is 0.143. The highest BCUT2D eigenvalue weighted by atomic mass is 16.2. The molecule has 1 aromatic rings. The molecule has 6 nitrogen and oxygen atoms in total. The van der Waals surface area contributed by atoms with E-state index in [1.54, 1.807) is 18.2 Å². The number of anilines is 1. The third-order valence-electron chi connectivity index (χ3n) is 3.30. The molecule has 6 heteroatoms. The van der Waals surface area contributed by atoms with Crippen molar-refractivity contribution in [1.82, 2.24) is 14.8 Å². The van der Waals surface area contributed by atoms with Gasteiger partial charge in [0.25, 0.3) is 5.91 Å². The number of nitrogen functional groups attached to an aromatic ring is 1. The first kappa shape index (κ1) is 12.8. The van der Waals surface area contributed by atoms with Crippen LogP contribution in [0.2, 0.25) is 0 Å². The lowest BCUT2D eigenvalue weighted by molar-refractivity contribution is 0.0777. The van der Waals surface area contributed by atoms with Gasteiger partial charge in [-0.2, -0.15) is 0 Å². The molecule has 1 unspecified atom stereocenters. The number of hydrogen-bond acceptors (Lipinski definition) is 5. The van der Waals surface area contributed by atoms with Gasteiger partial charge in [-0.3, -0.25) is 4.79 Å². The monoisotopic (exact) mass is 249 g/mol. The second-order valence-electron chi connectivity index (χ2n) is 4.71. The van der Waals surface area contributed by atoms with Crippen molar-refractivity contribution in [1.29, 1.82) is 0 Å². The summed E-state index contributed by atoms with van der Waals surface area (Å²) in [5.74, 6) is 5.76. The van der Waals surface area contributed by atoms with Crippen LogP contribution in [-0.4, -0.2) is 53.9 Å². The molecule has 1 amide bonds. The summed E-state index contributed by atoms with van der Waals surface area (Å²) < 4.78 is 0. The van der Waals surface area contributed by atoms with Gasteiger partial charge in [-0.25, -0.2) is 10.8 Å². The van der Waals surface area contributed by atoms with Crippen molar-refractivity contribution >= 4 is 11.7 Å². The van der Waals surface area contributed by atoms with Gasteiger partial charge in [0.1, 0.15) is 11.5 Å². The fraction of sp³-hybridized carbons (Fsp3) is 0.500. The normalized spacial score (nSPS) is 19.3. The van der Waals surface area contributed by atoms with E-state index in [0.717, 1.165) is 19.5 Å². The van der Waals surface area contributed by atoms with Gasteiger partial charge in [-0.05, 0) is 32.6 Å². The van der Waals surface area contributed by atoms with Crippen LogP contribution < -0.4 is 11.3 Å². The largest absolute Gasteiger partial charge is 0.336 e. The van der Waals surface area contributed by atoms with Crippen molar-refractivity contribution in [3.63, 3.8) is 0 Å². The minimum Gasteiger partial charge on any atom is -0.336 e. The molecule has 0 aromatic carbocycles. The summed E-state index contributed by atoms with van der Waals surface area (Å²) >= 11 is 0. The maximum atomic E-state index is 12.3. The van der Waals surface area contributed by atoms with Crippen molar-refractivity contribution in [3.05, 3.63) is 23.9 Å². The predicted molar refractivity (Wildman–Crippen MR) is 70.0 cm³/mol. The van der Waals surface area contributed by atoms with E-state index in [1.165, 1.54) is 0 Å². The fourth-order valence-electron chi connectivity index (χ4n) is 2.14. The maximum absolute atomic E-state index is 12.3. The number of hydrazine groups is 1. The molecule has 0 bridgehead atoms. The molecule has 0 radical (unpaired) electrons. The summed E-state index contributed by atoms with van der Waals surface area (Å²) in [6.07, 6.45) is 1.01. The number of carbonyl (C=O) groups is 1. The van der Waals surface area contributed by atoms with E-state index in [-0.39, 0.29) is 5.91 Å². The number of carbonyl (C=O) groups excluding carboxylic acids is 1. The molecule has 1 atom stereocenters. The third kappa shape index (κ3) is 2.60. The van der Waals surface area contributed by atoms with Crippen LogP contribution in [0.4, 0.5) is 5.82 Å². The van der Waals surface area contributed by atoms with Crippen molar-refractivity contribution in [2.75, 3.05) is 32.6 Å². The maximum Gasteiger partial charge on any atom is 0.272 e. The fourth-order valence-corrected chi connectivity index (χ4v) is 2.14. The van der Waals surface area contributed by atoms with E-state index in [0.29, 0.717) is 17.6 Å². The molecule has 0 saturated carbocycles. The highest BCUT2D eigenvalue weighted by Crippen LogP contribution is 2.16. The van der Waals surface area contributed by atoms with Gasteiger partial charge in [0.2, 0.25) is 0 Å². The number of hydrogen-bond donors (Lipinski definition) is 2. The standard InChI is InChI=1S/C12H19N5O/c1-16(2)9-6-7-17(8-9)12(18)10-4-3-5-11(14-10)15-13/h3-5,9H,6-8,13H2,1-2H3,(H,14,15). The quantitative estimate of drug-likeness (QED) is 0.589. The number of nitrogens with zero attached hydrogens (tertiary/aromatic N) is 3. The number of amides is 1. The van der Waals surface area contributed by atoms with Gasteiger partial charge in [0.05, 0.1) is 0 Å². The Kier molecular flexibility index (Phi) is 3.78. The van der Waals surface area contributed by atoms with E-state index in [9.17, 15) is 4.79 Å². The first-order valence-corrected chi connectivity index (χ1v) is 6.01. The SMILES string of the molecule is CN(C)C1CCN(C(=O)c2cccc(NN)n2)C1. The number of likely N-dealkylation sites (N-methyl/N-ethyl adjacent to an activating group) is 1. The van der Waals surface area contributed by atoms with Crippen molar-refractivity contribution in [2.24, 2.45) is 5.84 Å². The Balaban J connectivity index is 2.08. The minimum absolute atomic E-state index is 0.0311. The zero-order valence-corrected chi connectivity index (χ0v) is 10.8. The first-order chi connectivity index (χ1) is 8.61. The lowest BCUT2D eigenvalue weighted by Gasteiger charge is -2.20. The van der Waals surface area contributed by atoms with E-state index >= 15 is 0 Å². The summed E-state index contributed by atoms with van der Waals surface area (Å²) in [6.45, 7) is 1.54. The zero-order valence-electron chi connectivity index (χ0n) is 10.8. The molecule has 1 aliphatic rings. The van der Waals surface area contributed by atoms with Crippen molar-refractivity contribution < 1.29 is 4.79 Å². The smallest absolute Gasteiger partial charge is 0.272 e. The average molecular weight is 249 g/mol. The van der Waals surface area contributed by atoms with Crippen molar-refractivity contribution in [2.45, 2.75) is 12.5 Å². The number of nitrogens with one attached hydrogen (secondary N) is 1. The molecule has 0 aliphatic carbocycles. The Morgan fingerprint density at radius 1 is 1.56 bits per heavy atom. The summed E-state index contributed by atoms with van der Waals surface area (Å²) in [7, 11) is 4.08. The highest BCUT2D eigenvalue weighted by molar-refractivity contribution is 5.92. The third-order valence-corrected chi connectivity index (χ3v) is 3.30. The number of likely N-dealkylation sites (tertiary alicyclic amines) is 1. The number of aromatic nitrogens is 1. The van der Waals surface area contributed by atoms with Crippen LogP contribution in [0.25, 0.3) is 0 Å². The summed E-state index contributed by atoms with van der Waals surface area (Å²) in [5, 5.41) is 0. The first-order valence-electron chi connectivity index (χ1n) is 6.01. The van der Waals surface area contributed by atoms with E-state index < -0.39 is 0 Å². The molecular weight excluding hydrogens is 230 g/mol. The Hall–Kier alpha value is -1.66. The molecule has 18 heavy (non-hydrogen) atoms. The second kappa shape index (κ2) is 5.32. The molecule has 3 N–H and O–H groups in total. The molecule has 1 saturated heterocycles. The Morgan fingerprint density at radius 2 is 2.33 bits per heavy atom. The number of rotatable bonds is 3. The van der Waals surface area contributed by atoms with Gasteiger partial charge in [-0.1, -0.05) is 6.07 Å². The second-order valence-corrected chi connectivity index (χ2v) is 4.71. The molecule has 1 aromatic heterocycles. The zero-order chi connectivity index (χ0) is 13.1. The van der Waals surface area contributed by atoms with E-state index in [2.05, 4.69) is 15.3 Å². The van der Waals surface area contributed by atoms with Crippen molar-refractivity contribution in [3.8, 4) is 0 Å².